The summed E-state index contributed by atoms with van der Waals surface area (Å²) in [5, 5.41) is 39.4. The number of carbonyl (C=O) groups excluding carboxylic acids is 1. The van der Waals surface area contributed by atoms with Gasteiger partial charge in [-0.05, 0) is 146 Å². The number of aryl methyl sites for hydroxylation is 4. The highest BCUT2D eigenvalue weighted by Crippen LogP contribution is 2.43. The van der Waals surface area contributed by atoms with Crippen molar-refractivity contribution in [2.45, 2.75) is 37.5 Å². The highest BCUT2D eigenvalue weighted by atomic mass is 32.2. The van der Waals surface area contributed by atoms with E-state index in [1.54, 1.807) is 88.4 Å². The molecule has 57 heavy (non-hydrogen) atoms. The van der Waals surface area contributed by atoms with Crippen LogP contribution in [0.3, 0.4) is 0 Å². The number of nitrogen functional groups attached to an aromatic ring is 1. The number of anilines is 2. The van der Waals surface area contributed by atoms with Crippen LogP contribution in [0.5, 0.6) is 5.75 Å². The summed E-state index contributed by atoms with van der Waals surface area (Å²) in [6.07, 6.45) is 0. The van der Waals surface area contributed by atoms with Gasteiger partial charge in [-0.2, -0.15) is 37.3 Å². The van der Waals surface area contributed by atoms with E-state index in [1.165, 1.54) is 30.3 Å². The highest BCUT2D eigenvalue weighted by Gasteiger charge is 2.23. The van der Waals surface area contributed by atoms with Gasteiger partial charge in [-0.15, -0.1) is 10.2 Å². The largest absolute Gasteiger partial charge is 0.505 e. The number of nitrogens with zero attached hydrogens (tertiary/aromatic N) is 6. The average Bonchev–Trinajstić information content (AvgIpc) is 3.14. The van der Waals surface area contributed by atoms with Crippen LogP contribution in [-0.2, 0) is 20.2 Å². The number of azo groups is 3. The Morgan fingerprint density at radius 3 is 1.81 bits per heavy atom. The average molecular weight is 807 g/mol. The zero-order valence-electron chi connectivity index (χ0n) is 30.7. The standard InChI is InChI=1S/C39H34N8O8S2/c1-21-5-13-32(35(15-21)56(50,51)52)44-43-31-14-11-29(16-22(31)2)42-45-33-17-24(4)34(18-23(33)3)46-47-37-36(57(53,54)55)20-26-19-28(10-12-30(26)38(37)48)41-39(49)25-6-8-27(40)9-7-25/h5-20,48H,40H2,1-4H3,(H,41,49)(H,50,51,52)(H,53,54,55). The predicted octanol–water partition coefficient (Wildman–Crippen LogP) is 10.4. The van der Waals surface area contributed by atoms with Crippen LogP contribution in [0.2, 0.25) is 0 Å². The Hall–Kier alpha value is -6.73. The molecule has 6 aromatic rings. The smallest absolute Gasteiger partial charge is 0.296 e. The van der Waals surface area contributed by atoms with Gasteiger partial charge in [0.15, 0.2) is 5.75 Å². The fraction of sp³-hybridized carbons (Fsp3) is 0.103. The molecule has 0 atom stereocenters. The summed E-state index contributed by atoms with van der Waals surface area (Å²) >= 11 is 0. The van der Waals surface area contributed by atoms with Gasteiger partial charge in [0, 0.05) is 22.3 Å². The first kappa shape index (κ1) is 39.9. The molecule has 0 saturated heterocycles. The molecule has 0 bridgehead atoms. The molecule has 6 aromatic carbocycles. The topological polar surface area (TPSA) is 258 Å². The van der Waals surface area contributed by atoms with Gasteiger partial charge in [-0.25, -0.2) is 0 Å². The molecule has 0 aliphatic carbocycles. The van der Waals surface area contributed by atoms with E-state index in [2.05, 4.69) is 36.0 Å². The number of rotatable bonds is 10. The molecule has 0 radical (unpaired) electrons. The van der Waals surface area contributed by atoms with E-state index in [1.807, 2.05) is 0 Å². The number of aromatic hydroxyl groups is 1. The molecule has 6 N–H and O–H groups in total. The van der Waals surface area contributed by atoms with E-state index < -0.39 is 42.5 Å². The van der Waals surface area contributed by atoms with Gasteiger partial charge < -0.3 is 16.2 Å². The van der Waals surface area contributed by atoms with Crippen LogP contribution in [0.25, 0.3) is 10.8 Å². The number of nitrogens with two attached hydrogens (primary N) is 1. The lowest BCUT2D eigenvalue weighted by Gasteiger charge is -2.11. The first-order valence-corrected chi connectivity index (χ1v) is 19.7. The Balaban J connectivity index is 1.23. The molecule has 0 aromatic heterocycles. The molecule has 0 unspecified atom stereocenters. The lowest BCUT2D eigenvalue weighted by molar-refractivity contribution is 0.102. The molecule has 0 aliphatic rings. The van der Waals surface area contributed by atoms with Gasteiger partial charge in [0.25, 0.3) is 26.1 Å². The third-order valence-corrected chi connectivity index (χ3v) is 10.4. The number of phenolic OH excluding ortho intramolecular Hbond substituents is 1. The number of hydrogen-bond donors (Lipinski definition) is 5. The predicted molar refractivity (Wildman–Crippen MR) is 215 cm³/mol. The minimum atomic E-state index is -4.91. The third kappa shape index (κ3) is 9.22. The number of phenols is 1. The summed E-state index contributed by atoms with van der Waals surface area (Å²) in [6, 6.07) is 24.6. The van der Waals surface area contributed by atoms with Gasteiger partial charge in [-0.1, -0.05) is 6.07 Å². The number of carbonyl (C=O) groups is 1. The maximum Gasteiger partial charge on any atom is 0.296 e. The van der Waals surface area contributed by atoms with Crippen molar-refractivity contribution in [3.8, 4) is 5.75 Å². The lowest BCUT2D eigenvalue weighted by Crippen LogP contribution is -2.11. The molecule has 6 rings (SSSR count). The summed E-state index contributed by atoms with van der Waals surface area (Å²) in [5.74, 6) is -0.997. The van der Waals surface area contributed by atoms with Gasteiger partial charge in [0.1, 0.15) is 21.2 Å². The number of amides is 1. The maximum absolute atomic E-state index is 12.7. The quantitative estimate of drug-likeness (QED) is 0.0500. The molecule has 0 fully saturated rings. The molecule has 0 heterocycles. The fourth-order valence-corrected chi connectivity index (χ4v) is 6.98. The number of fused-ring (bicyclic) bond motifs is 1. The summed E-state index contributed by atoms with van der Waals surface area (Å²) in [7, 11) is -9.42. The summed E-state index contributed by atoms with van der Waals surface area (Å²) < 4.78 is 68.3. The van der Waals surface area contributed by atoms with E-state index in [4.69, 9.17) is 5.73 Å². The Morgan fingerprint density at radius 1 is 0.596 bits per heavy atom. The third-order valence-electron chi connectivity index (χ3n) is 8.64. The second-order valence-electron chi connectivity index (χ2n) is 13.0. The second kappa shape index (κ2) is 15.8. The minimum absolute atomic E-state index is 0.0125. The number of hydrogen-bond acceptors (Lipinski definition) is 13. The SMILES string of the molecule is Cc1ccc(N=Nc2ccc(N=Nc3cc(C)c(N=Nc4c(S(=O)(=O)O)cc5cc(NC(=O)c6ccc(N)cc6)ccc5c4O)cc3C)cc2C)c(S(=O)(=O)O)c1. The van der Waals surface area contributed by atoms with Crippen LogP contribution in [0.4, 0.5) is 45.5 Å². The van der Waals surface area contributed by atoms with Crippen molar-refractivity contribution in [2.24, 2.45) is 30.7 Å². The van der Waals surface area contributed by atoms with E-state index in [-0.39, 0.29) is 21.4 Å². The zero-order chi connectivity index (χ0) is 41.2. The first-order chi connectivity index (χ1) is 26.9. The Kier molecular flexibility index (Phi) is 11.1. The Bertz CT molecular complexity index is 2910. The van der Waals surface area contributed by atoms with Gasteiger partial charge in [0.2, 0.25) is 0 Å². The van der Waals surface area contributed by atoms with Crippen molar-refractivity contribution in [3.05, 3.63) is 125 Å². The van der Waals surface area contributed by atoms with Crippen molar-refractivity contribution in [1.82, 2.24) is 0 Å². The molecular formula is C39H34N8O8S2. The van der Waals surface area contributed by atoms with E-state index in [9.17, 15) is 35.8 Å². The molecule has 0 saturated carbocycles. The summed E-state index contributed by atoms with van der Waals surface area (Å²) in [4.78, 5) is 11.7. The fourth-order valence-electron chi connectivity index (χ4n) is 5.61. The zero-order valence-corrected chi connectivity index (χ0v) is 32.3. The van der Waals surface area contributed by atoms with E-state index in [0.29, 0.717) is 61.9 Å². The lowest BCUT2D eigenvalue weighted by atomic mass is 10.1. The van der Waals surface area contributed by atoms with Gasteiger partial charge in [0.05, 0.1) is 22.7 Å². The molecule has 0 aliphatic heterocycles. The van der Waals surface area contributed by atoms with Crippen LogP contribution in [0, 0.1) is 27.7 Å². The van der Waals surface area contributed by atoms with Crippen LogP contribution in [-0.4, -0.2) is 37.0 Å². The molecule has 290 valence electrons. The monoisotopic (exact) mass is 806 g/mol. The molecule has 18 heteroatoms. The van der Waals surface area contributed by atoms with Gasteiger partial charge >= 0.3 is 0 Å². The van der Waals surface area contributed by atoms with Crippen molar-refractivity contribution in [1.29, 1.82) is 0 Å². The minimum Gasteiger partial charge on any atom is -0.505 e. The van der Waals surface area contributed by atoms with Crippen LogP contribution in [0.15, 0.2) is 138 Å². The number of benzene rings is 6. The van der Waals surface area contributed by atoms with Gasteiger partial charge in [-0.3, -0.25) is 13.9 Å². The summed E-state index contributed by atoms with van der Waals surface area (Å²) in [6.45, 7) is 6.94. The summed E-state index contributed by atoms with van der Waals surface area (Å²) in [5.41, 5.74) is 10.6. The van der Waals surface area contributed by atoms with Crippen LogP contribution < -0.4 is 11.1 Å². The second-order valence-corrected chi connectivity index (χ2v) is 15.8. The van der Waals surface area contributed by atoms with Crippen molar-refractivity contribution in [3.63, 3.8) is 0 Å². The Morgan fingerprint density at radius 2 is 1.18 bits per heavy atom. The molecule has 0 spiro atoms. The van der Waals surface area contributed by atoms with E-state index in [0.717, 1.165) is 6.07 Å². The normalized spacial score (nSPS) is 12.3. The maximum atomic E-state index is 12.7. The molecular weight excluding hydrogens is 773 g/mol. The Labute approximate surface area is 327 Å². The van der Waals surface area contributed by atoms with Crippen molar-refractivity contribution < 1.29 is 35.8 Å². The van der Waals surface area contributed by atoms with Crippen LogP contribution in [0.1, 0.15) is 32.6 Å². The van der Waals surface area contributed by atoms with Crippen molar-refractivity contribution in [2.75, 3.05) is 11.1 Å². The first-order valence-electron chi connectivity index (χ1n) is 16.9. The van der Waals surface area contributed by atoms with E-state index >= 15 is 0 Å². The molecule has 1 amide bonds. The highest BCUT2D eigenvalue weighted by molar-refractivity contribution is 7.86. The van der Waals surface area contributed by atoms with Crippen molar-refractivity contribution >= 4 is 82.4 Å². The van der Waals surface area contributed by atoms with Crippen LogP contribution >= 0.6 is 0 Å². The molecule has 16 nitrogen and oxygen atoms in total. The number of nitrogens with one attached hydrogen (secondary N) is 1.